The standard InChI is InChI=1S/C15H18N2O3/c1-10(9-20-2)8-16-14-7-6-11-12(15(18)19)4-3-5-13(11)17-14/h3-7,10H,8-9H2,1-2H3,(H,16,17)(H,18,19). The van der Waals surface area contributed by atoms with Crippen LogP contribution in [0.5, 0.6) is 0 Å². The highest BCUT2D eigenvalue weighted by Crippen LogP contribution is 2.19. The molecule has 0 bridgehead atoms. The molecule has 0 amide bonds. The Kier molecular flexibility index (Phi) is 4.53. The summed E-state index contributed by atoms with van der Waals surface area (Å²) in [5, 5.41) is 13.0. The number of carboxylic acid groups (broad SMARTS) is 1. The molecule has 1 aromatic heterocycles. The molecule has 1 unspecified atom stereocenters. The molecule has 0 aliphatic carbocycles. The molecule has 0 aliphatic rings. The molecule has 106 valence electrons. The van der Waals surface area contributed by atoms with E-state index in [0.29, 0.717) is 23.4 Å². The third-order valence-corrected chi connectivity index (χ3v) is 3.05. The third kappa shape index (κ3) is 3.24. The molecule has 1 atom stereocenters. The minimum absolute atomic E-state index is 0.273. The summed E-state index contributed by atoms with van der Waals surface area (Å²) in [5.74, 6) is 0.178. The van der Waals surface area contributed by atoms with Gasteiger partial charge in [0.1, 0.15) is 5.82 Å². The topological polar surface area (TPSA) is 71.5 Å². The second kappa shape index (κ2) is 6.34. The SMILES string of the molecule is COCC(C)CNc1ccc2c(C(=O)O)cccc2n1. The van der Waals surface area contributed by atoms with Crippen LogP contribution in [-0.2, 0) is 4.74 Å². The molecule has 2 N–H and O–H groups in total. The van der Waals surface area contributed by atoms with Gasteiger partial charge in [0.15, 0.2) is 0 Å². The van der Waals surface area contributed by atoms with E-state index in [1.165, 1.54) is 0 Å². The molecule has 0 spiro atoms. The second-order valence-electron chi connectivity index (χ2n) is 4.82. The molecule has 2 rings (SSSR count). The molecule has 0 saturated carbocycles. The number of aromatic carboxylic acids is 1. The van der Waals surface area contributed by atoms with Gasteiger partial charge in [0.05, 0.1) is 17.7 Å². The van der Waals surface area contributed by atoms with E-state index < -0.39 is 5.97 Å². The Labute approximate surface area is 117 Å². The lowest BCUT2D eigenvalue weighted by molar-refractivity contribution is 0.0699. The summed E-state index contributed by atoms with van der Waals surface area (Å²) < 4.78 is 5.08. The summed E-state index contributed by atoms with van der Waals surface area (Å²) in [6, 6.07) is 8.69. The van der Waals surface area contributed by atoms with Crippen molar-refractivity contribution < 1.29 is 14.6 Å². The number of nitrogens with one attached hydrogen (secondary N) is 1. The minimum atomic E-state index is -0.938. The number of nitrogens with zero attached hydrogens (tertiary/aromatic N) is 1. The Morgan fingerprint density at radius 3 is 2.90 bits per heavy atom. The Bertz CT molecular complexity index is 613. The van der Waals surface area contributed by atoms with Crippen molar-refractivity contribution in [2.45, 2.75) is 6.92 Å². The molecule has 5 nitrogen and oxygen atoms in total. The monoisotopic (exact) mass is 274 g/mol. The Balaban J connectivity index is 2.20. The number of fused-ring (bicyclic) bond motifs is 1. The van der Waals surface area contributed by atoms with Crippen LogP contribution in [0.1, 0.15) is 17.3 Å². The fourth-order valence-electron chi connectivity index (χ4n) is 2.06. The lowest BCUT2D eigenvalue weighted by Gasteiger charge is -2.12. The van der Waals surface area contributed by atoms with Gasteiger partial charge in [-0.3, -0.25) is 0 Å². The number of pyridine rings is 1. The van der Waals surface area contributed by atoms with E-state index >= 15 is 0 Å². The molecule has 0 saturated heterocycles. The van der Waals surface area contributed by atoms with E-state index in [1.807, 2.05) is 6.07 Å². The predicted molar refractivity (Wildman–Crippen MR) is 78.2 cm³/mol. The number of hydrogen-bond acceptors (Lipinski definition) is 4. The van der Waals surface area contributed by atoms with E-state index in [9.17, 15) is 4.79 Å². The zero-order chi connectivity index (χ0) is 14.5. The summed E-state index contributed by atoms with van der Waals surface area (Å²) in [6.45, 7) is 3.52. The van der Waals surface area contributed by atoms with Crippen LogP contribution in [0.25, 0.3) is 10.9 Å². The maximum Gasteiger partial charge on any atom is 0.336 e. The lowest BCUT2D eigenvalue weighted by Crippen LogP contribution is -2.16. The van der Waals surface area contributed by atoms with E-state index in [1.54, 1.807) is 31.4 Å². The largest absolute Gasteiger partial charge is 0.478 e. The third-order valence-electron chi connectivity index (χ3n) is 3.05. The van der Waals surface area contributed by atoms with Gasteiger partial charge in [0.25, 0.3) is 0 Å². The highest BCUT2D eigenvalue weighted by molar-refractivity contribution is 6.02. The molecule has 0 fully saturated rings. The first-order chi connectivity index (χ1) is 9.61. The number of carbonyl (C=O) groups is 1. The number of rotatable bonds is 6. The quantitative estimate of drug-likeness (QED) is 0.847. The smallest absolute Gasteiger partial charge is 0.336 e. The Morgan fingerprint density at radius 1 is 1.40 bits per heavy atom. The molecule has 0 radical (unpaired) electrons. The highest BCUT2D eigenvalue weighted by atomic mass is 16.5. The van der Waals surface area contributed by atoms with Crippen molar-refractivity contribution in [3.8, 4) is 0 Å². The number of methoxy groups -OCH3 is 1. The van der Waals surface area contributed by atoms with Crippen LogP contribution >= 0.6 is 0 Å². The summed E-state index contributed by atoms with van der Waals surface area (Å²) in [5.41, 5.74) is 0.948. The van der Waals surface area contributed by atoms with Gasteiger partial charge in [-0.1, -0.05) is 13.0 Å². The van der Waals surface area contributed by atoms with Gasteiger partial charge in [-0.25, -0.2) is 9.78 Å². The molecular formula is C15H18N2O3. The summed E-state index contributed by atoms with van der Waals surface area (Å²) in [6.07, 6.45) is 0. The van der Waals surface area contributed by atoms with Crippen molar-refractivity contribution in [1.82, 2.24) is 4.98 Å². The molecule has 1 aromatic carbocycles. The van der Waals surface area contributed by atoms with E-state index in [2.05, 4.69) is 17.2 Å². The molecule has 1 heterocycles. The van der Waals surface area contributed by atoms with E-state index in [-0.39, 0.29) is 5.56 Å². The van der Waals surface area contributed by atoms with Crippen LogP contribution in [0.2, 0.25) is 0 Å². The van der Waals surface area contributed by atoms with Crippen LogP contribution in [0.4, 0.5) is 5.82 Å². The first kappa shape index (κ1) is 14.3. The summed E-state index contributed by atoms with van der Waals surface area (Å²) in [7, 11) is 1.68. The van der Waals surface area contributed by atoms with Crippen LogP contribution < -0.4 is 5.32 Å². The Hall–Kier alpha value is -2.14. The van der Waals surface area contributed by atoms with Crippen molar-refractivity contribution in [3.05, 3.63) is 35.9 Å². The number of hydrogen-bond donors (Lipinski definition) is 2. The predicted octanol–water partition coefficient (Wildman–Crippen LogP) is 2.63. The average Bonchev–Trinajstić information content (AvgIpc) is 2.44. The first-order valence-electron chi connectivity index (χ1n) is 6.47. The number of aromatic nitrogens is 1. The fraction of sp³-hybridized carbons (Fsp3) is 0.333. The van der Waals surface area contributed by atoms with Gasteiger partial charge in [0, 0.05) is 19.0 Å². The van der Waals surface area contributed by atoms with Crippen molar-refractivity contribution >= 4 is 22.7 Å². The van der Waals surface area contributed by atoms with Crippen LogP contribution in [0.3, 0.4) is 0 Å². The number of benzene rings is 1. The van der Waals surface area contributed by atoms with Crippen molar-refractivity contribution in [3.63, 3.8) is 0 Å². The van der Waals surface area contributed by atoms with Gasteiger partial charge in [-0.2, -0.15) is 0 Å². The number of ether oxygens (including phenoxy) is 1. The van der Waals surface area contributed by atoms with Crippen LogP contribution in [0, 0.1) is 5.92 Å². The normalized spacial score (nSPS) is 12.3. The average molecular weight is 274 g/mol. The number of anilines is 1. The lowest BCUT2D eigenvalue weighted by atomic mass is 10.1. The minimum Gasteiger partial charge on any atom is -0.478 e. The molecule has 20 heavy (non-hydrogen) atoms. The molecular weight excluding hydrogens is 256 g/mol. The van der Waals surface area contributed by atoms with Gasteiger partial charge in [-0.05, 0) is 30.2 Å². The van der Waals surface area contributed by atoms with E-state index in [4.69, 9.17) is 9.84 Å². The van der Waals surface area contributed by atoms with Crippen LogP contribution in [0.15, 0.2) is 30.3 Å². The summed E-state index contributed by atoms with van der Waals surface area (Å²) in [4.78, 5) is 15.6. The summed E-state index contributed by atoms with van der Waals surface area (Å²) >= 11 is 0. The maximum absolute atomic E-state index is 11.1. The maximum atomic E-state index is 11.1. The second-order valence-corrected chi connectivity index (χ2v) is 4.82. The molecule has 0 aliphatic heterocycles. The van der Waals surface area contributed by atoms with Crippen molar-refractivity contribution in [2.24, 2.45) is 5.92 Å². The first-order valence-corrected chi connectivity index (χ1v) is 6.47. The highest BCUT2D eigenvalue weighted by Gasteiger charge is 2.09. The number of carboxylic acids is 1. The van der Waals surface area contributed by atoms with E-state index in [0.717, 1.165) is 12.4 Å². The molecule has 5 heteroatoms. The van der Waals surface area contributed by atoms with Crippen LogP contribution in [-0.4, -0.2) is 36.3 Å². The molecule has 2 aromatic rings. The Morgan fingerprint density at radius 2 is 2.20 bits per heavy atom. The fourth-order valence-corrected chi connectivity index (χ4v) is 2.06. The van der Waals surface area contributed by atoms with Crippen molar-refractivity contribution in [2.75, 3.05) is 25.6 Å². The van der Waals surface area contributed by atoms with Gasteiger partial charge >= 0.3 is 5.97 Å². The zero-order valence-electron chi connectivity index (χ0n) is 11.6. The van der Waals surface area contributed by atoms with Gasteiger partial charge in [-0.15, -0.1) is 0 Å². The van der Waals surface area contributed by atoms with Gasteiger partial charge in [0.2, 0.25) is 0 Å². The van der Waals surface area contributed by atoms with Crippen molar-refractivity contribution in [1.29, 1.82) is 0 Å². The van der Waals surface area contributed by atoms with Gasteiger partial charge < -0.3 is 15.2 Å². The zero-order valence-corrected chi connectivity index (χ0v) is 11.6.